The number of hydrogen-bond donors (Lipinski definition) is 1. The molecule has 1 aromatic rings. The van der Waals surface area contributed by atoms with Gasteiger partial charge in [-0.2, -0.15) is 0 Å². The fraction of sp³-hybridized carbons (Fsp3) is 0.611. The van der Waals surface area contributed by atoms with Crippen LogP contribution in [0.5, 0.6) is 5.75 Å². The summed E-state index contributed by atoms with van der Waals surface area (Å²) in [6.45, 7) is 6.80. The van der Waals surface area contributed by atoms with Crippen molar-refractivity contribution in [3.8, 4) is 5.75 Å². The van der Waals surface area contributed by atoms with Crippen LogP contribution in [0.2, 0.25) is 0 Å². The second-order valence-corrected chi connectivity index (χ2v) is 5.97. The van der Waals surface area contributed by atoms with Crippen molar-refractivity contribution in [1.82, 2.24) is 5.32 Å². The Hall–Kier alpha value is -1.59. The van der Waals surface area contributed by atoms with Gasteiger partial charge in [0.15, 0.2) is 6.61 Å². The number of benzene rings is 1. The zero-order valence-electron chi connectivity index (χ0n) is 14.1. The topological polar surface area (TPSA) is 56.8 Å². The lowest BCUT2D eigenvalue weighted by atomic mass is 10.1. The van der Waals surface area contributed by atoms with Crippen LogP contribution in [0.3, 0.4) is 0 Å². The molecule has 2 rings (SSSR count). The van der Waals surface area contributed by atoms with E-state index in [1.54, 1.807) is 0 Å². The van der Waals surface area contributed by atoms with Crippen molar-refractivity contribution in [1.29, 1.82) is 0 Å². The molecule has 1 saturated heterocycles. The first kappa shape index (κ1) is 17.8. The van der Waals surface area contributed by atoms with Crippen LogP contribution in [0.4, 0.5) is 0 Å². The van der Waals surface area contributed by atoms with E-state index in [4.69, 9.17) is 14.2 Å². The Morgan fingerprint density at radius 2 is 2.26 bits per heavy atom. The van der Waals surface area contributed by atoms with Gasteiger partial charge < -0.3 is 19.5 Å². The Morgan fingerprint density at radius 1 is 1.39 bits per heavy atom. The van der Waals surface area contributed by atoms with Crippen LogP contribution in [0, 0.1) is 13.8 Å². The van der Waals surface area contributed by atoms with Crippen LogP contribution in [-0.2, 0) is 14.3 Å². The Labute approximate surface area is 138 Å². The predicted molar refractivity (Wildman–Crippen MR) is 88.8 cm³/mol. The molecule has 5 nitrogen and oxygen atoms in total. The van der Waals surface area contributed by atoms with Crippen LogP contribution in [0.15, 0.2) is 18.2 Å². The van der Waals surface area contributed by atoms with Gasteiger partial charge in [-0.25, -0.2) is 0 Å². The highest BCUT2D eigenvalue weighted by atomic mass is 16.5. The van der Waals surface area contributed by atoms with Crippen molar-refractivity contribution in [3.05, 3.63) is 29.3 Å². The number of amides is 1. The summed E-state index contributed by atoms with van der Waals surface area (Å²) in [6.07, 6.45) is 3.27. The second kappa shape index (κ2) is 9.53. The number of rotatable bonds is 9. The molecule has 23 heavy (non-hydrogen) atoms. The summed E-state index contributed by atoms with van der Waals surface area (Å²) in [7, 11) is 0. The molecule has 5 heteroatoms. The maximum atomic E-state index is 11.7. The minimum atomic E-state index is -0.107. The maximum Gasteiger partial charge on any atom is 0.257 e. The Kier molecular flexibility index (Phi) is 7.36. The average Bonchev–Trinajstić information content (AvgIpc) is 3.03. The molecule has 0 saturated carbocycles. The first-order chi connectivity index (χ1) is 11.1. The first-order valence-corrected chi connectivity index (χ1v) is 8.31. The second-order valence-electron chi connectivity index (χ2n) is 5.97. The number of carbonyl (C=O) groups excluding carboxylic acids is 1. The lowest BCUT2D eigenvalue weighted by Crippen LogP contribution is -2.30. The molecule has 0 aliphatic carbocycles. The summed E-state index contributed by atoms with van der Waals surface area (Å²) in [5.41, 5.74) is 2.22. The van der Waals surface area contributed by atoms with Crippen molar-refractivity contribution in [3.63, 3.8) is 0 Å². The van der Waals surface area contributed by atoms with Gasteiger partial charge in [0.2, 0.25) is 0 Å². The Morgan fingerprint density at radius 3 is 3.00 bits per heavy atom. The van der Waals surface area contributed by atoms with E-state index in [9.17, 15) is 4.79 Å². The molecule has 1 unspecified atom stereocenters. The summed E-state index contributed by atoms with van der Waals surface area (Å²) < 4.78 is 16.6. The van der Waals surface area contributed by atoms with E-state index in [1.807, 2.05) is 32.0 Å². The highest BCUT2D eigenvalue weighted by Crippen LogP contribution is 2.18. The number of aryl methyl sites for hydroxylation is 2. The molecule has 1 N–H and O–H groups in total. The minimum Gasteiger partial charge on any atom is -0.484 e. The monoisotopic (exact) mass is 321 g/mol. The fourth-order valence-corrected chi connectivity index (χ4v) is 2.55. The zero-order chi connectivity index (χ0) is 16.5. The predicted octanol–water partition coefficient (Wildman–Crippen LogP) is 2.38. The lowest BCUT2D eigenvalue weighted by molar-refractivity contribution is -0.123. The van der Waals surface area contributed by atoms with E-state index in [0.717, 1.165) is 37.2 Å². The third kappa shape index (κ3) is 6.59. The van der Waals surface area contributed by atoms with Gasteiger partial charge in [0, 0.05) is 19.8 Å². The third-order valence-corrected chi connectivity index (χ3v) is 3.80. The van der Waals surface area contributed by atoms with Crippen LogP contribution >= 0.6 is 0 Å². The smallest absolute Gasteiger partial charge is 0.257 e. The largest absolute Gasteiger partial charge is 0.484 e. The van der Waals surface area contributed by atoms with E-state index in [1.165, 1.54) is 5.56 Å². The number of carbonyl (C=O) groups is 1. The number of nitrogens with one attached hydrogen (secondary N) is 1. The van der Waals surface area contributed by atoms with E-state index in [0.29, 0.717) is 19.8 Å². The summed E-state index contributed by atoms with van der Waals surface area (Å²) in [5, 5.41) is 2.84. The van der Waals surface area contributed by atoms with Gasteiger partial charge >= 0.3 is 0 Å². The molecule has 1 aromatic carbocycles. The molecular formula is C18H27NO4. The summed E-state index contributed by atoms with van der Waals surface area (Å²) in [5.74, 6) is 0.648. The molecular weight excluding hydrogens is 294 g/mol. The van der Waals surface area contributed by atoms with Crippen molar-refractivity contribution in [2.45, 2.75) is 39.2 Å². The van der Waals surface area contributed by atoms with E-state index in [2.05, 4.69) is 5.32 Å². The third-order valence-electron chi connectivity index (χ3n) is 3.80. The van der Waals surface area contributed by atoms with Crippen molar-refractivity contribution < 1.29 is 19.0 Å². The molecule has 0 spiro atoms. The number of ether oxygens (including phenoxy) is 3. The molecule has 1 atom stereocenters. The van der Waals surface area contributed by atoms with E-state index < -0.39 is 0 Å². The van der Waals surface area contributed by atoms with Gasteiger partial charge in [-0.05, 0) is 44.7 Å². The molecule has 1 heterocycles. The highest BCUT2D eigenvalue weighted by molar-refractivity contribution is 5.77. The van der Waals surface area contributed by atoms with Crippen LogP contribution < -0.4 is 10.1 Å². The van der Waals surface area contributed by atoms with Crippen molar-refractivity contribution in [2.24, 2.45) is 0 Å². The summed E-state index contributed by atoms with van der Waals surface area (Å²) >= 11 is 0. The molecule has 0 aromatic heterocycles. The van der Waals surface area contributed by atoms with Crippen molar-refractivity contribution >= 4 is 5.91 Å². The van der Waals surface area contributed by atoms with Crippen LogP contribution in [-0.4, -0.2) is 45.0 Å². The Bertz CT molecular complexity index is 498. The molecule has 1 aliphatic rings. The standard InChI is InChI=1S/C18H27NO4/c1-14-6-7-17(15(2)11-14)23-13-18(20)19-8-4-9-21-12-16-5-3-10-22-16/h6-7,11,16H,3-5,8-10,12-13H2,1-2H3,(H,19,20). The molecule has 1 fully saturated rings. The first-order valence-electron chi connectivity index (χ1n) is 8.31. The summed E-state index contributed by atoms with van der Waals surface area (Å²) in [6, 6.07) is 5.92. The average molecular weight is 321 g/mol. The Balaban J connectivity index is 1.51. The summed E-state index contributed by atoms with van der Waals surface area (Å²) in [4.78, 5) is 11.7. The van der Waals surface area contributed by atoms with Gasteiger partial charge in [0.25, 0.3) is 5.91 Å². The fourth-order valence-electron chi connectivity index (χ4n) is 2.55. The van der Waals surface area contributed by atoms with Crippen LogP contribution in [0.1, 0.15) is 30.4 Å². The van der Waals surface area contributed by atoms with Crippen molar-refractivity contribution in [2.75, 3.05) is 33.0 Å². The molecule has 128 valence electrons. The van der Waals surface area contributed by atoms with Gasteiger partial charge in [-0.3, -0.25) is 4.79 Å². The SMILES string of the molecule is Cc1ccc(OCC(=O)NCCCOCC2CCCO2)c(C)c1. The van der Waals surface area contributed by atoms with Gasteiger partial charge in [-0.15, -0.1) is 0 Å². The normalized spacial score (nSPS) is 17.2. The van der Waals surface area contributed by atoms with Gasteiger partial charge in [0.1, 0.15) is 5.75 Å². The van der Waals surface area contributed by atoms with E-state index >= 15 is 0 Å². The molecule has 0 bridgehead atoms. The maximum absolute atomic E-state index is 11.7. The van der Waals surface area contributed by atoms with Crippen LogP contribution in [0.25, 0.3) is 0 Å². The highest BCUT2D eigenvalue weighted by Gasteiger charge is 2.14. The molecule has 0 radical (unpaired) electrons. The molecule has 1 amide bonds. The van der Waals surface area contributed by atoms with Gasteiger partial charge in [0.05, 0.1) is 12.7 Å². The van der Waals surface area contributed by atoms with Gasteiger partial charge in [-0.1, -0.05) is 17.7 Å². The molecule has 1 aliphatic heterocycles. The number of hydrogen-bond acceptors (Lipinski definition) is 4. The van der Waals surface area contributed by atoms with E-state index in [-0.39, 0.29) is 18.6 Å². The lowest BCUT2D eigenvalue weighted by Gasteiger charge is -2.11. The zero-order valence-corrected chi connectivity index (χ0v) is 14.1. The minimum absolute atomic E-state index is 0.0423. The quantitative estimate of drug-likeness (QED) is 0.710.